The minimum absolute atomic E-state index is 0.0347. The molecule has 0 aromatic carbocycles. The maximum absolute atomic E-state index is 11.8. The van der Waals surface area contributed by atoms with E-state index in [0.29, 0.717) is 0 Å². The standard InChI is InChI=1S/C12H19NO2S/c1-8(2)10(12(14)15-4)11(13-3)9-6-5-7-16-9/h5-8,10-11,13H,1-4H3. The van der Waals surface area contributed by atoms with E-state index in [1.165, 1.54) is 12.0 Å². The molecule has 0 spiro atoms. The molecule has 0 amide bonds. The highest BCUT2D eigenvalue weighted by Gasteiger charge is 2.32. The van der Waals surface area contributed by atoms with Gasteiger partial charge in [0.25, 0.3) is 0 Å². The molecule has 0 saturated heterocycles. The first kappa shape index (κ1) is 13.2. The Morgan fingerprint density at radius 3 is 2.56 bits per heavy atom. The third-order valence-electron chi connectivity index (χ3n) is 2.71. The molecular weight excluding hydrogens is 222 g/mol. The summed E-state index contributed by atoms with van der Waals surface area (Å²) in [4.78, 5) is 13.0. The minimum Gasteiger partial charge on any atom is -0.469 e. The Hall–Kier alpha value is -0.870. The first-order valence-electron chi connectivity index (χ1n) is 5.40. The van der Waals surface area contributed by atoms with Gasteiger partial charge in [-0.1, -0.05) is 19.9 Å². The summed E-state index contributed by atoms with van der Waals surface area (Å²) in [5, 5.41) is 5.23. The minimum atomic E-state index is -0.150. The van der Waals surface area contributed by atoms with Crippen LogP contribution < -0.4 is 5.32 Å². The number of ether oxygens (including phenoxy) is 1. The third-order valence-corrected chi connectivity index (χ3v) is 3.67. The summed E-state index contributed by atoms with van der Waals surface area (Å²) < 4.78 is 4.88. The van der Waals surface area contributed by atoms with Crippen LogP contribution in [0.4, 0.5) is 0 Å². The normalized spacial score (nSPS) is 14.8. The number of carbonyl (C=O) groups is 1. The summed E-state index contributed by atoms with van der Waals surface area (Å²) in [6.45, 7) is 4.08. The predicted octanol–water partition coefficient (Wildman–Crippen LogP) is 2.45. The van der Waals surface area contributed by atoms with Crippen LogP contribution in [0.2, 0.25) is 0 Å². The van der Waals surface area contributed by atoms with Crippen LogP contribution in [0.25, 0.3) is 0 Å². The zero-order valence-electron chi connectivity index (χ0n) is 10.2. The van der Waals surface area contributed by atoms with Crippen molar-refractivity contribution in [2.45, 2.75) is 19.9 Å². The van der Waals surface area contributed by atoms with Gasteiger partial charge in [-0.15, -0.1) is 11.3 Å². The second-order valence-corrected chi connectivity index (χ2v) is 5.05. The van der Waals surface area contributed by atoms with Crippen LogP contribution in [0.1, 0.15) is 24.8 Å². The van der Waals surface area contributed by atoms with E-state index in [1.54, 1.807) is 11.3 Å². The van der Waals surface area contributed by atoms with Gasteiger partial charge in [-0.3, -0.25) is 4.79 Å². The largest absolute Gasteiger partial charge is 0.469 e. The van der Waals surface area contributed by atoms with Crippen LogP contribution in [-0.4, -0.2) is 20.1 Å². The highest BCUT2D eigenvalue weighted by atomic mass is 32.1. The van der Waals surface area contributed by atoms with Crippen LogP contribution in [0.15, 0.2) is 17.5 Å². The molecule has 2 atom stereocenters. The number of esters is 1. The maximum Gasteiger partial charge on any atom is 0.310 e. The van der Waals surface area contributed by atoms with Gasteiger partial charge in [0.15, 0.2) is 0 Å². The maximum atomic E-state index is 11.8. The number of thiophene rings is 1. The Balaban J connectivity index is 2.95. The van der Waals surface area contributed by atoms with Crippen molar-refractivity contribution in [2.75, 3.05) is 14.2 Å². The van der Waals surface area contributed by atoms with Gasteiger partial charge < -0.3 is 10.1 Å². The van der Waals surface area contributed by atoms with Crippen molar-refractivity contribution in [3.05, 3.63) is 22.4 Å². The smallest absolute Gasteiger partial charge is 0.310 e. The van der Waals surface area contributed by atoms with E-state index in [9.17, 15) is 4.79 Å². The van der Waals surface area contributed by atoms with Gasteiger partial charge in [-0.2, -0.15) is 0 Å². The highest BCUT2D eigenvalue weighted by molar-refractivity contribution is 7.10. The molecule has 2 unspecified atom stereocenters. The van der Waals surface area contributed by atoms with Crippen molar-refractivity contribution in [3.63, 3.8) is 0 Å². The summed E-state index contributed by atoms with van der Waals surface area (Å²) in [6, 6.07) is 4.08. The van der Waals surface area contributed by atoms with Crippen molar-refractivity contribution >= 4 is 17.3 Å². The molecule has 0 aliphatic carbocycles. The topological polar surface area (TPSA) is 38.3 Å². The lowest BCUT2D eigenvalue weighted by Gasteiger charge is -2.26. The van der Waals surface area contributed by atoms with Gasteiger partial charge in [-0.05, 0) is 24.4 Å². The molecule has 1 heterocycles. The predicted molar refractivity (Wildman–Crippen MR) is 66.5 cm³/mol. The summed E-state index contributed by atoms with van der Waals surface area (Å²) in [5.74, 6) is -0.0524. The fraction of sp³-hybridized carbons (Fsp3) is 0.583. The summed E-state index contributed by atoms with van der Waals surface area (Å²) >= 11 is 1.66. The number of rotatable bonds is 5. The zero-order valence-corrected chi connectivity index (χ0v) is 11.0. The fourth-order valence-corrected chi connectivity index (χ4v) is 2.78. The number of carbonyl (C=O) groups excluding carboxylic acids is 1. The van der Waals surface area contributed by atoms with Crippen molar-refractivity contribution in [2.24, 2.45) is 11.8 Å². The lowest BCUT2D eigenvalue weighted by atomic mass is 9.87. The number of hydrogen-bond acceptors (Lipinski definition) is 4. The van der Waals surface area contributed by atoms with Crippen LogP contribution in [0.3, 0.4) is 0 Å². The molecule has 0 bridgehead atoms. The molecule has 1 rings (SSSR count). The second kappa shape index (κ2) is 6.01. The van der Waals surface area contributed by atoms with Crippen LogP contribution in [0.5, 0.6) is 0 Å². The number of nitrogens with one attached hydrogen (secondary N) is 1. The van der Waals surface area contributed by atoms with Crippen molar-refractivity contribution in [3.8, 4) is 0 Å². The van der Waals surface area contributed by atoms with Crippen molar-refractivity contribution < 1.29 is 9.53 Å². The molecule has 0 radical (unpaired) electrons. The van der Waals surface area contributed by atoms with Gasteiger partial charge in [0.1, 0.15) is 0 Å². The molecule has 0 aliphatic heterocycles. The fourth-order valence-electron chi connectivity index (χ4n) is 1.90. The van der Waals surface area contributed by atoms with E-state index >= 15 is 0 Å². The quantitative estimate of drug-likeness (QED) is 0.805. The summed E-state index contributed by atoms with van der Waals surface area (Å²) in [7, 11) is 3.32. The summed E-state index contributed by atoms with van der Waals surface area (Å²) in [6.07, 6.45) is 0. The van der Waals surface area contributed by atoms with Gasteiger partial charge in [0.2, 0.25) is 0 Å². The molecule has 1 aromatic rings. The molecule has 1 aromatic heterocycles. The van der Waals surface area contributed by atoms with Gasteiger partial charge in [0, 0.05) is 4.88 Å². The monoisotopic (exact) mass is 241 g/mol. The first-order chi connectivity index (χ1) is 7.61. The van der Waals surface area contributed by atoms with Gasteiger partial charge in [0.05, 0.1) is 19.1 Å². The lowest BCUT2D eigenvalue weighted by molar-refractivity contribution is -0.148. The van der Waals surface area contributed by atoms with Gasteiger partial charge in [-0.25, -0.2) is 0 Å². The van der Waals surface area contributed by atoms with E-state index in [1.807, 2.05) is 38.4 Å². The van der Waals surface area contributed by atoms with Crippen molar-refractivity contribution in [1.29, 1.82) is 0 Å². The number of methoxy groups -OCH3 is 1. The van der Waals surface area contributed by atoms with Gasteiger partial charge >= 0.3 is 5.97 Å². The molecule has 4 heteroatoms. The average Bonchev–Trinajstić information content (AvgIpc) is 2.77. The van der Waals surface area contributed by atoms with E-state index in [2.05, 4.69) is 5.32 Å². The van der Waals surface area contributed by atoms with Crippen LogP contribution in [-0.2, 0) is 9.53 Å². The van der Waals surface area contributed by atoms with E-state index < -0.39 is 0 Å². The lowest BCUT2D eigenvalue weighted by Crippen LogP contribution is -2.34. The summed E-state index contributed by atoms with van der Waals surface area (Å²) in [5.41, 5.74) is 0. The highest BCUT2D eigenvalue weighted by Crippen LogP contribution is 2.31. The van der Waals surface area contributed by atoms with E-state index in [4.69, 9.17) is 4.74 Å². The SMILES string of the molecule is CNC(c1cccs1)C(C(=O)OC)C(C)C. The van der Waals surface area contributed by atoms with Crippen molar-refractivity contribution in [1.82, 2.24) is 5.32 Å². The molecule has 16 heavy (non-hydrogen) atoms. The third kappa shape index (κ3) is 2.83. The first-order valence-corrected chi connectivity index (χ1v) is 6.28. The average molecular weight is 241 g/mol. The second-order valence-electron chi connectivity index (χ2n) is 4.07. The molecule has 90 valence electrons. The Morgan fingerprint density at radius 1 is 1.50 bits per heavy atom. The number of hydrogen-bond donors (Lipinski definition) is 1. The Bertz CT molecular complexity index is 322. The Kier molecular flexibility index (Phi) is 4.96. The molecular formula is C12H19NO2S. The molecule has 1 N–H and O–H groups in total. The molecule has 0 fully saturated rings. The molecule has 3 nitrogen and oxygen atoms in total. The zero-order chi connectivity index (χ0) is 12.1. The van der Waals surface area contributed by atoms with E-state index in [0.717, 1.165) is 0 Å². The molecule has 0 aliphatic rings. The Labute approximate surface area is 101 Å². The molecule has 0 saturated carbocycles. The van der Waals surface area contributed by atoms with Crippen LogP contribution in [0, 0.1) is 11.8 Å². The van der Waals surface area contributed by atoms with Crippen LogP contribution >= 0.6 is 11.3 Å². The van der Waals surface area contributed by atoms with E-state index in [-0.39, 0.29) is 23.8 Å². The Morgan fingerprint density at radius 2 is 2.19 bits per heavy atom.